The van der Waals surface area contributed by atoms with Crippen molar-refractivity contribution in [2.45, 2.75) is 33.1 Å². The molecule has 0 saturated carbocycles. The lowest BCUT2D eigenvalue weighted by Crippen LogP contribution is -2.02. The minimum absolute atomic E-state index is 0.156. The Labute approximate surface area is 111 Å². The van der Waals surface area contributed by atoms with Crippen LogP contribution in [0.1, 0.15) is 41.6 Å². The fourth-order valence-corrected chi connectivity index (χ4v) is 2.96. The van der Waals surface area contributed by atoms with Crippen LogP contribution in [0.5, 0.6) is 5.75 Å². The van der Waals surface area contributed by atoms with Gasteiger partial charge in [0.1, 0.15) is 5.75 Å². The molecule has 0 amide bonds. The number of thiazole rings is 1. The standard InChI is InChI=1S/C14H17NO2S/c1-4-5-6-11(16)13-12(17-3)8-7-10-14(13)18-9(2)15-10/h7-8H,4-6H2,1-3H3. The second-order valence-electron chi connectivity index (χ2n) is 4.25. The van der Waals surface area contributed by atoms with Gasteiger partial charge in [-0.25, -0.2) is 4.98 Å². The molecule has 1 aromatic carbocycles. The first-order valence-corrected chi connectivity index (χ1v) is 6.96. The lowest BCUT2D eigenvalue weighted by Gasteiger charge is -2.08. The van der Waals surface area contributed by atoms with Gasteiger partial charge >= 0.3 is 0 Å². The van der Waals surface area contributed by atoms with E-state index < -0.39 is 0 Å². The van der Waals surface area contributed by atoms with Crippen LogP contribution in [0, 0.1) is 6.92 Å². The number of hydrogen-bond donors (Lipinski definition) is 0. The van der Waals surface area contributed by atoms with Crippen LogP contribution >= 0.6 is 11.3 Å². The van der Waals surface area contributed by atoms with E-state index in [9.17, 15) is 4.79 Å². The van der Waals surface area contributed by atoms with Gasteiger partial charge in [-0.2, -0.15) is 0 Å². The van der Waals surface area contributed by atoms with Crippen LogP contribution in [-0.4, -0.2) is 17.9 Å². The first-order valence-electron chi connectivity index (χ1n) is 6.14. The summed E-state index contributed by atoms with van der Waals surface area (Å²) in [5.41, 5.74) is 1.59. The van der Waals surface area contributed by atoms with E-state index in [1.54, 1.807) is 18.4 Å². The van der Waals surface area contributed by atoms with Gasteiger partial charge in [0.05, 0.1) is 27.9 Å². The molecule has 0 fully saturated rings. The van der Waals surface area contributed by atoms with Gasteiger partial charge in [-0.3, -0.25) is 4.79 Å². The molecule has 4 heteroatoms. The molecular weight excluding hydrogens is 246 g/mol. The molecule has 0 spiro atoms. The topological polar surface area (TPSA) is 39.2 Å². The normalized spacial score (nSPS) is 10.8. The smallest absolute Gasteiger partial charge is 0.168 e. The maximum Gasteiger partial charge on any atom is 0.168 e. The highest BCUT2D eigenvalue weighted by molar-refractivity contribution is 7.19. The molecule has 2 rings (SSSR count). The van der Waals surface area contributed by atoms with Gasteiger partial charge in [0.25, 0.3) is 0 Å². The van der Waals surface area contributed by atoms with Gasteiger partial charge in [-0.1, -0.05) is 13.3 Å². The highest BCUT2D eigenvalue weighted by Crippen LogP contribution is 2.33. The summed E-state index contributed by atoms with van der Waals surface area (Å²) in [5, 5.41) is 0.975. The van der Waals surface area contributed by atoms with E-state index in [1.165, 1.54) is 0 Å². The molecule has 0 aliphatic carbocycles. The number of aryl methyl sites for hydroxylation is 1. The molecule has 1 aromatic heterocycles. The number of carbonyl (C=O) groups excluding carboxylic acids is 1. The molecule has 18 heavy (non-hydrogen) atoms. The van der Waals surface area contributed by atoms with Crippen molar-refractivity contribution in [3.8, 4) is 5.75 Å². The van der Waals surface area contributed by atoms with Crippen LogP contribution in [0.25, 0.3) is 10.2 Å². The quantitative estimate of drug-likeness (QED) is 0.766. The number of aromatic nitrogens is 1. The van der Waals surface area contributed by atoms with Crippen molar-refractivity contribution in [2.24, 2.45) is 0 Å². The highest BCUT2D eigenvalue weighted by atomic mass is 32.1. The van der Waals surface area contributed by atoms with E-state index in [0.29, 0.717) is 17.7 Å². The predicted octanol–water partition coefficient (Wildman–Crippen LogP) is 3.99. The third-order valence-corrected chi connectivity index (χ3v) is 3.89. The third-order valence-electron chi connectivity index (χ3n) is 2.88. The predicted molar refractivity (Wildman–Crippen MR) is 74.8 cm³/mol. The average Bonchev–Trinajstić information content (AvgIpc) is 2.74. The fraction of sp³-hybridized carbons (Fsp3) is 0.429. The zero-order chi connectivity index (χ0) is 13.1. The second-order valence-corrected chi connectivity index (χ2v) is 5.45. The van der Waals surface area contributed by atoms with Crippen molar-refractivity contribution >= 4 is 27.3 Å². The van der Waals surface area contributed by atoms with Crippen molar-refractivity contribution in [2.75, 3.05) is 7.11 Å². The molecule has 0 saturated heterocycles. The Kier molecular flexibility index (Phi) is 3.97. The van der Waals surface area contributed by atoms with Crippen LogP contribution in [0.4, 0.5) is 0 Å². The van der Waals surface area contributed by atoms with E-state index in [4.69, 9.17) is 4.74 Å². The van der Waals surface area contributed by atoms with E-state index >= 15 is 0 Å². The van der Waals surface area contributed by atoms with E-state index in [0.717, 1.165) is 28.1 Å². The average molecular weight is 263 g/mol. The van der Waals surface area contributed by atoms with Crippen LogP contribution in [0.15, 0.2) is 12.1 Å². The van der Waals surface area contributed by atoms with Crippen molar-refractivity contribution < 1.29 is 9.53 Å². The summed E-state index contributed by atoms with van der Waals surface area (Å²) in [6.07, 6.45) is 2.50. The van der Waals surface area contributed by atoms with Crippen molar-refractivity contribution in [3.63, 3.8) is 0 Å². The number of methoxy groups -OCH3 is 1. The summed E-state index contributed by atoms with van der Waals surface area (Å²) >= 11 is 1.56. The van der Waals surface area contributed by atoms with Crippen molar-refractivity contribution in [1.82, 2.24) is 4.98 Å². The van der Waals surface area contributed by atoms with Gasteiger partial charge in [0.15, 0.2) is 5.78 Å². The van der Waals surface area contributed by atoms with Crippen molar-refractivity contribution in [1.29, 1.82) is 0 Å². The lowest BCUT2D eigenvalue weighted by atomic mass is 10.0. The zero-order valence-corrected chi connectivity index (χ0v) is 11.8. The Hall–Kier alpha value is -1.42. The molecule has 1 heterocycles. The van der Waals surface area contributed by atoms with Crippen LogP contribution in [0.3, 0.4) is 0 Å². The Morgan fingerprint density at radius 1 is 1.44 bits per heavy atom. The number of Topliss-reactive ketones (excluding diaryl/α,β-unsaturated/α-hetero) is 1. The summed E-state index contributed by atoms with van der Waals surface area (Å²) in [4.78, 5) is 16.7. The molecule has 0 aliphatic heterocycles. The van der Waals surface area contributed by atoms with Gasteiger partial charge in [0.2, 0.25) is 0 Å². The monoisotopic (exact) mass is 263 g/mol. The van der Waals surface area contributed by atoms with E-state index in [-0.39, 0.29) is 5.78 Å². The Morgan fingerprint density at radius 2 is 2.22 bits per heavy atom. The van der Waals surface area contributed by atoms with Gasteiger partial charge < -0.3 is 4.74 Å². The number of rotatable bonds is 5. The first kappa shape index (κ1) is 13.0. The molecule has 0 N–H and O–H groups in total. The number of hydrogen-bond acceptors (Lipinski definition) is 4. The molecule has 0 aliphatic rings. The Balaban J connectivity index is 2.53. The van der Waals surface area contributed by atoms with Gasteiger partial charge in [-0.15, -0.1) is 11.3 Å². The number of ketones is 1. The van der Waals surface area contributed by atoms with Gasteiger partial charge in [-0.05, 0) is 25.5 Å². The highest BCUT2D eigenvalue weighted by Gasteiger charge is 2.18. The number of nitrogens with zero attached hydrogens (tertiary/aromatic N) is 1. The maximum absolute atomic E-state index is 12.3. The minimum atomic E-state index is 0.156. The number of ether oxygens (including phenoxy) is 1. The lowest BCUT2D eigenvalue weighted by molar-refractivity contribution is 0.0978. The first-order chi connectivity index (χ1) is 8.67. The fourth-order valence-electron chi connectivity index (χ4n) is 1.98. The molecule has 0 bridgehead atoms. The third kappa shape index (κ3) is 2.38. The molecule has 0 atom stereocenters. The molecule has 96 valence electrons. The minimum Gasteiger partial charge on any atom is -0.496 e. The molecule has 0 unspecified atom stereocenters. The summed E-state index contributed by atoms with van der Waals surface area (Å²) in [5.74, 6) is 0.815. The number of fused-ring (bicyclic) bond motifs is 1. The van der Waals surface area contributed by atoms with Crippen molar-refractivity contribution in [3.05, 3.63) is 22.7 Å². The summed E-state index contributed by atoms with van der Waals surface area (Å²) in [7, 11) is 1.60. The van der Waals surface area contributed by atoms with Crippen LogP contribution < -0.4 is 4.74 Å². The molecule has 2 aromatic rings. The molecule has 3 nitrogen and oxygen atoms in total. The van der Waals surface area contributed by atoms with Gasteiger partial charge in [0, 0.05) is 6.42 Å². The second kappa shape index (κ2) is 5.48. The molecule has 0 radical (unpaired) electrons. The largest absolute Gasteiger partial charge is 0.496 e. The van der Waals surface area contributed by atoms with Crippen LogP contribution in [-0.2, 0) is 0 Å². The van der Waals surface area contributed by atoms with Crippen LogP contribution in [0.2, 0.25) is 0 Å². The number of benzene rings is 1. The summed E-state index contributed by atoms with van der Waals surface area (Å²) in [6.45, 7) is 4.04. The maximum atomic E-state index is 12.3. The number of unbranched alkanes of at least 4 members (excludes halogenated alkanes) is 1. The molecular formula is C14H17NO2S. The Bertz CT molecular complexity index is 574. The SMILES string of the molecule is CCCCC(=O)c1c(OC)ccc2nc(C)sc12. The Morgan fingerprint density at radius 3 is 2.89 bits per heavy atom. The summed E-state index contributed by atoms with van der Waals surface area (Å²) < 4.78 is 6.27. The number of carbonyl (C=O) groups is 1. The zero-order valence-electron chi connectivity index (χ0n) is 10.9. The van der Waals surface area contributed by atoms with E-state index in [2.05, 4.69) is 11.9 Å². The van der Waals surface area contributed by atoms with E-state index in [1.807, 2.05) is 19.1 Å². The summed E-state index contributed by atoms with van der Waals surface area (Å²) in [6, 6.07) is 3.74.